The van der Waals surface area contributed by atoms with Crippen molar-refractivity contribution >= 4 is 17.5 Å². The van der Waals surface area contributed by atoms with Gasteiger partial charge in [-0.15, -0.1) is 0 Å². The number of hydrogen-bond acceptors (Lipinski definition) is 6. The molecule has 1 atom stereocenters. The minimum Gasteiger partial charge on any atom is -0.493 e. The molecule has 0 aliphatic carbocycles. The average Bonchev–Trinajstić information content (AvgIpc) is 3.24. The summed E-state index contributed by atoms with van der Waals surface area (Å²) >= 11 is 0. The highest BCUT2D eigenvalue weighted by Gasteiger charge is 2.32. The minimum atomic E-state index is -0.551. The number of carbonyl (C=O) groups is 2. The van der Waals surface area contributed by atoms with E-state index >= 15 is 0 Å². The highest BCUT2D eigenvalue weighted by Crippen LogP contribution is 2.32. The highest BCUT2D eigenvalue weighted by molar-refractivity contribution is 5.88. The Labute approximate surface area is 192 Å². The second kappa shape index (κ2) is 10.4. The lowest BCUT2D eigenvalue weighted by atomic mass is 10.1. The van der Waals surface area contributed by atoms with Gasteiger partial charge in [-0.05, 0) is 18.2 Å². The molecule has 1 fully saturated rings. The van der Waals surface area contributed by atoms with Crippen LogP contribution >= 0.6 is 0 Å². The summed E-state index contributed by atoms with van der Waals surface area (Å²) in [6, 6.07) is 10.9. The van der Waals surface area contributed by atoms with Crippen molar-refractivity contribution in [3.63, 3.8) is 0 Å². The van der Waals surface area contributed by atoms with E-state index in [1.165, 1.54) is 0 Å². The first kappa shape index (κ1) is 22.6. The Hall–Kier alpha value is -3.59. The lowest BCUT2D eigenvalue weighted by Crippen LogP contribution is -2.56. The quantitative estimate of drug-likeness (QED) is 0.511. The van der Waals surface area contributed by atoms with Gasteiger partial charge in [0.2, 0.25) is 11.8 Å². The number of pyridine rings is 1. The maximum absolute atomic E-state index is 12.7. The summed E-state index contributed by atoms with van der Waals surface area (Å²) in [5.41, 5.74) is 2.69. The Morgan fingerprint density at radius 3 is 2.88 bits per heavy atom. The average molecular weight is 452 g/mol. The van der Waals surface area contributed by atoms with E-state index in [1.54, 1.807) is 14.2 Å². The van der Waals surface area contributed by atoms with Crippen molar-refractivity contribution in [2.24, 2.45) is 0 Å². The van der Waals surface area contributed by atoms with Crippen LogP contribution in [-0.4, -0.2) is 66.0 Å². The zero-order chi connectivity index (χ0) is 23.2. The Bertz CT molecular complexity index is 1100. The van der Waals surface area contributed by atoms with E-state index in [0.29, 0.717) is 44.1 Å². The third-order valence-electron chi connectivity index (χ3n) is 5.80. The summed E-state index contributed by atoms with van der Waals surface area (Å²) in [5, 5.41) is 5.80. The molecule has 1 aliphatic rings. The zero-order valence-electron chi connectivity index (χ0n) is 18.9. The second-order valence-corrected chi connectivity index (χ2v) is 7.93. The Morgan fingerprint density at radius 2 is 2.09 bits per heavy atom. The van der Waals surface area contributed by atoms with Crippen LogP contribution in [0.3, 0.4) is 0 Å². The SMILES string of the molecule is COc1cccc(CN2CCNC(=O)C2CC(=O)NCCc2cn3ccccc3n2)c1OC. The summed E-state index contributed by atoms with van der Waals surface area (Å²) in [7, 11) is 3.19. The number of methoxy groups -OCH3 is 2. The van der Waals surface area contributed by atoms with Gasteiger partial charge in [0.1, 0.15) is 5.65 Å². The molecule has 3 heterocycles. The summed E-state index contributed by atoms with van der Waals surface area (Å²) in [5.74, 6) is 0.973. The van der Waals surface area contributed by atoms with E-state index in [1.807, 2.05) is 58.1 Å². The third-order valence-corrected chi connectivity index (χ3v) is 5.80. The molecule has 1 aliphatic heterocycles. The Kier molecular flexibility index (Phi) is 7.09. The number of ether oxygens (including phenoxy) is 2. The molecule has 0 radical (unpaired) electrons. The standard InChI is InChI=1S/C24H29N5O4/c1-32-20-7-5-6-17(23(20)33-2)15-28-13-11-26-24(31)19(28)14-22(30)25-10-9-18-16-29-12-4-3-8-21(29)27-18/h3-8,12,16,19H,9-11,13-15H2,1-2H3,(H,25,30)(H,26,31). The number of nitrogens with one attached hydrogen (secondary N) is 2. The van der Waals surface area contributed by atoms with Crippen molar-refractivity contribution in [3.05, 3.63) is 60.0 Å². The number of benzene rings is 1. The number of para-hydroxylation sites is 1. The Morgan fingerprint density at radius 1 is 1.21 bits per heavy atom. The molecule has 0 saturated carbocycles. The van der Waals surface area contributed by atoms with E-state index in [-0.39, 0.29) is 18.2 Å². The molecule has 3 aromatic rings. The Balaban J connectivity index is 1.36. The van der Waals surface area contributed by atoms with Crippen LogP contribution in [-0.2, 0) is 22.6 Å². The molecule has 4 rings (SSSR count). The van der Waals surface area contributed by atoms with Crippen molar-refractivity contribution in [1.82, 2.24) is 24.9 Å². The zero-order valence-corrected chi connectivity index (χ0v) is 18.9. The molecule has 9 nitrogen and oxygen atoms in total. The van der Waals surface area contributed by atoms with Crippen molar-refractivity contribution in [2.75, 3.05) is 33.9 Å². The van der Waals surface area contributed by atoms with Gasteiger partial charge in [-0.1, -0.05) is 18.2 Å². The van der Waals surface area contributed by atoms with Crippen LogP contribution in [0.1, 0.15) is 17.7 Å². The smallest absolute Gasteiger partial charge is 0.237 e. The van der Waals surface area contributed by atoms with Crippen LogP contribution in [0.2, 0.25) is 0 Å². The number of aromatic nitrogens is 2. The number of piperazine rings is 1. The molecule has 33 heavy (non-hydrogen) atoms. The lowest BCUT2D eigenvalue weighted by Gasteiger charge is -2.35. The number of carbonyl (C=O) groups excluding carboxylic acids is 2. The molecule has 1 saturated heterocycles. The molecular formula is C24H29N5O4. The second-order valence-electron chi connectivity index (χ2n) is 7.93. The lowest BCUT2D eigenvalue weighted by molar-refractivity contribution is -0.134. The van der Waals surface area contributed by atoms with Gasteiger partial charge in [0.25, 0.3) is 0 Å². The van der Waals surface area contributed by atoms with E-state index in [0.717, 1.165) is 16.9 Å². The molecule has 174 valence electrons. The maximum atomic E-state index is 12.7. The largest absolute Gasteiger partial charge is 0.493 e. The molecule has 1 unspecified atom stereocenters. The maximum Gasteiger partial charge on any atom is 0.237 e. The molecule has 0 spiro atoms. The minimum absolute atomic E-state index is 0.0866. The summed E-state index contributed by atoms with van der Waals surface area (Å²) in [6.45, 7) is 2.12. The van der Waals surface area contributed by atoms with Gasteiger partial charge in [-0.2, -0.15) is 0 Å². The van der Waals surface area contributed by atoms with Crippen LogP contribution in [0.25, 0.3) is 5.65 Å². The number of imidazole rings is 1. The fourth-order valence-electron chi connectivity index (χ4n) is 4.16. The van der Waals surface area contributed by atoms with Gasteiger partial charge in [-0.3, -0.25) is 14.5 Å². The van der Waals surface area contributed by atoms with E-state index < -0.39 is 6.04 Å². The summed E-state index contributed by atoms with van der Waals surface area (Å²) in [4.78, 5) is 31.8. The number of rotatable bonds is 9. The van der Waals surface area contributed by atoms with Crippen molar-refractivity contribution < 1.29 is 19.1 Å². The molecule has 9 heteroatoms. The predicted octanol–water partition coefficient (Wildman–Crippen LogP) is 1.40. The van der Waals surface area contributed by atoms with Crippen molar-refractivity contribution in [2.45, 2.75) is 25.4 Å². The van der Waals surface area contributed by atoms with Crippen molar-refractivity contribution in [3.8, 4) is 11.5 Å². The van der Waals surface area contributed by atoms with Gasteiger partial charge >= 0.3 is 0 Å². The molecule has 0 bridgehead atoms. The molecular weight excluding hydrogens is 422 g/mol. The van der Waals surface area contributed by atoms with E-state index in [4.69, 9.17) is 9.47 Å². The fourth-order valence-corrected chi connectivity index (χ4v) is 4.16. The van der Waals surface area contributed by atoms with Gasteiger partial charge in [0, 0.05) is 50.6 Å². The fraction of sp³-hybridized carbons (Fsp3) is 0.375. The van der Waals surface area contributed by atoms with Crippen LogP contribution < -0.4 is 20.1 Å². The molecule has 1 aromatic carbocycles. The first-order chi connectivity index (χ1) is 16.1. The van der Waals surface area contributed by atoms with Gasteiger partial charge < -0.3 is 24.5 Å². The molecule has 2 amide bonds. The van der Waals surface area contributed by atoms with E-state index in [2.05, 4.69) is 15.6 Å². The van der Waals surface area contributed by atoms with Gasteiger partial charge in [-0.25, -0.2) is 4.98 Å². The predicted molar refractivity (Wildman–Crippen MR) is 123 cm³/mol. The molecule has 2 aromatic heterocycles. The number of hydrogen-bond donors (Lipinski definition) is 2. The van der Waals surface area contributed by atoms with E-state index in [9.17, 15) is 9.59 Å². The normalized spacial score (nSPS) is 16.4. The van der Waals surface area contributed by atoms with Crippen LogP contribution in [0, 0.1) is 0 Å². The molecule has 2 N–H and O–H groups in total. The van der Waals surface area contributed by atoms with Crippen LogP contribution in [0.15, 0.2) is 48.8 Å². The van der Waals surface area contributed by atoms with Gasteiger partial charge in [0.15, 0.2) is 11.5 Å². The first-order valence-electron chi connectivity index (χ1n) is 11.0. The number of fused-ring (bicyclic) bond motifs is 1. The third kappa shape index (κ3) is 5.25. The first-order valence-corrected chi connectivity index (χ1v) is 11.0. The number of amides is 2. The van der Waals surface area contributed by atoms with Crippen LogP contribution in [0.5, 0.6) is 11.5 Å². The van der Waals surface area contributed by atoms with Crippen LogP contribution in [0.4, 0.5) is 0 Å². The topological polar surface area (TPSA) is 97.2 Å². The monoisotopic (exact) mass is 451 g/mol. The van der Waals surface area contributed by atoms with Crippen molar-refractivity contribution in [1.29, 1.82) is 0 Å². The summed E-state index contributed by atoms with van der Waals surface area (Å²) in [6.07, 6.45) is 4.61. The number of nitrogens with zero attached hydrogens (tertiary/aromatic N) is 3. The summed E-state index contributed by atoms with van der Waals surface area (Å²) < 4.78 is 12.9. The van der Waals surface area contributed by atoms with Gasteiger partial charge in [0.05, 0.1) is 32.4 Å². The highest BCUT2D eigenvalue weighted by atomic mass is 16.5.